The van der Waals surface area contributed by atoms with Crippen molar-refractivity contribution in [3.63, 3.8) is 0 Å². The van der Waals surface area contributed by atoms with Gasteiger partial charge in [-0.1, -0.05) is 37.5 Å². The van der Waals surface area contributed by atoms with E-state index in [1.165, 1.54) is 19.3 Å². The average Bonchev–Trinajstić information content (AvgIpc) is 2.49. The Morgan fingerprint density at radius 3 is 2.42 bits per heavy atom. The van der Waals surface area contributed by atoms with E-state index in [2.05, 4.69) is 11.5 Å². The van der Waals surface area contributed by atoms with Gasteiger partial charge in [0.05, 0.1) is 18.8 Å². The second-order valence-corrected chi connectivity index (χ2v) is 5.17. The molecule has 1 aliphatic rings. The minimum atomic E-state index is -0.234. The van der Waals surface area contributed by atoms with Gasteiger partial charge < -0.3 is 9.47 Å². The summed E-state index contributed by atoms with van der Waals surface area (Å²) >= 11 is 0. The van der Waals surface area contributed by atoms with Gasteiger partial charge in [0.15, 0.2) is 0 Å². The van der Waals surface area contributed by atoms with Crippen LogP contribution in [0.15, 0.2) is 24.3 Å². The van der Waals surface area contributed by atoms with Gasteiger partial charge in [-0.3, -0.25) is 5.84 Å². The van der Waals surface area contributed by atoms with Gasteiger partial charge in [0.2, 0.25) is 0 Å². The van der Waals surface area contributed by atoms with Gasteiger partial charge in [-0.05, 0) is 18.9 Å². The average molecular weight is 264 g/mol. The number of nitrogens with two attached hydrogens (primary N) is 1. The lowest BCUT2D eigenvalue weighted by Gasteiger charge is -2.42. The van der Waals surface area contributed by atoms with Gasteiger partial charge in [-0.15, -0.1) is 0 Å². The fourth-order valence-corrected chi connectivity index (χ4v) is 3.19. The summed E-state index contributed by atoms with van der Waals surface area (Å²) in [5.41, 5.74) is 3.78. The third-order valence-corrected chi connectivity index (χ3v) is 4.25. The summed E-state index contributed by atoms with van der Waals surface area (Å²) in [4.78, 5) is 0. The van der Waals surface area contributed by atoms with E-state index in [9.17, 15) is 0 Å². The molecule has 19 heavy (non-hydrogen) atoms. The lowest BCUT2D eigenvalue weighted by Crippen LogP contribution is -2.49. The van der Waals surface area contributed by atoms with E-state index in [4.69, 9.17) is 15.3 Å². The third kappa shape index (κ3) is 2.76. The van der Waals surface area contributed by atoms with Crippen LogP contribution in [0.25, 0.3) is 0 Å². The van der Waals surface area contributed by atoms with Crippen LogP contribution in [-0.2, 0) is 4.74 Å². The normalized spacial score (nSPS) is 19.9. The molecule has 106 valence electrons. The predicted octanol–water partition coefficient (Wildman–Crippen LogP) is 2.55. The van der Waals surface area contributed by atoms with Crippen LogP contribution in [0.1, 0.15) is 43.7 Å². The van der Waals surface area contributed by atoms with Crippen molar-refractivity contribution >= 4 is 0 Å². The van der Waals surface area contributed by atoms with E-state index in [0.717, 1.165) is 24.2 Å². The second-order valence-electron chi connectivity index (χ2n) is 5.17. The van der Waals surface area contributed by atoms with Gasteiger partial charge >= 0.3 is 0 Å². The third-order valence-electron chi connectivity index (χ3n) is 4.25. The molecule has 1 aromatic carbocycles. The zero-order chi connectivity index (χ0) is 13.7. The zero-order valence-electron chi connectivity index (χ0n) is 11.8. The molecule has 0 aliphatic heterocycles. The van der Waals surface area contributed by atoms with Crippen molar-refractivity contribution in [1.29, 1.82) is 0 Å². The van der Waals surface area contributed by atoms with Crippen LogP contribution in [0.2, 0.25) is 0 Å². The molecule has 3 N–H and O–H groups in total. The van der Waals surface area contributed by atoms with E-state index in [-0.39, 0.29) is 11.6 Å². The summed E-state index contributed by atoms with van der Waals surface area (Å²) < 4.78 is 11.3. The molecule has 0 spiro atoms. The van der Waals surface area contributed by atoms with Crippen molar-refractivity contribution in [3.05, 3.63) is 29.8 Å². The van der Waals surface area contributed by atoms with Crippen molar-refractivity contribution in [1.82, 2.24) is 5.43 Å². The topological polar surface area (TPSA) is 56.5 Å². The van der Waals surface area contributed by atoms with E-state index < -0.39 is 0 Å². The first kappa shape index (κ1) is 14.3. The van der Waals surface area contributed by atoms with Crippen LogP contribution in [0.4, 0.5) is 0 Å². The Morgan fingerprint density at radius 2 is 1.84 bits per heavy atom. The van der Waals surface area contributed by atoms with Gasteiger partial charge in [-0.2, -0.15) is 0 Å². The van der Waals surface area contributed by atoms with Crippen LogP contribution >= 0.6 is 0 Å². The molecule has 2 rings (SSSR count). The predicted molar refractivity (Wildman–Crippen MR) is 75.9 cm³/mol. The van der Waals surface area contributed by atoms with Gasteiger partial charge in [0.1, 0.15) is 5.75 Å². The quantitative estimate of drug-likeness (QED) is 0.634. The highest BCUT2D eigenvalue weighted by Gasteiger charge is 2.41. The van der Waals surface area contributed by atoms with Gasteiger partial charge in [-0.25, -0.2) is 5.43 Å². The van der Waals surface area contributed by atoms with E-state index in [1.807, 2.05) is 18.2 Å². The molecule has 1 saturated carbocycles. The van der Waals surface area contributed by atoms with E-state index in [0.29, 0.717) is 0 Å². The van der Waals surface area contributed by atoms with Crippen LogP contribution < -0.4 is 16.0 Å². The summed E-state index contributed by atoms with van der Waals surface area (Å²) in [6.45, 7) is 0. The fraction of sp³-hybridized carbons (Fsp3) is 0.600. The maximum absolute atomic E-state index is 5.89. The standard InChI is InChI=1S/C15H24N2O2/c1-18-13-9-5-4-8-12(13)14(17-16)15(19-2)10-6-3-7-11-15/h4-5,8-9,14,17H,3,6-7,10-11,16H2,1-2H3. The molecular formula is C15H24N2O2. The van der Waals surface area contributed by atoms with Crippen LogP contribution in [0.3, 0.4) is 0 Å². The summed E-state index contributed by atoms with van der Waals surface area (Å²) in [5.74, 6) is 6.69. The molecule has 1 aliphatic carbocycles. The first-order valence-electron chi connectivity index (χ1n) is 6.91. The summed E-state index contributed by atoms with van der Waals surface area (Å²) in [7, 11) is 3.47. The highest BCUT2D eigenvalue weighted by Crippen LogP contribution is 2.42. The highest BCUT2D eigenvalue weighted by molar-refractivity contribution is 5.37. The Labute approximate surface area is 115 Å². The molecule has 0 heterocycles. The molecule has 1 aromatic rings. The maximum Gasteiger partial charge on any atom is 0.123 e. The molecule has 4 nitrogen and oxygen atoms in total. The number of para-hydroxylation sites is 1. The Hall–Kier alpha value is -1.10. The zero-order valence-corrected chi connectivity index (χ0v) is 11.8. The Bertz CT molecular complexity index is 403. The molecule has 4 heteroatoms. The largest absolute Gasteiger partial charge is 0.496 e. The van der Waals surface area contributed by atoms with Crippen molar-refractivity contribution in [2.24, 2.45) is 5.84 Å². The smallest absolute Gasteiger partial charge is 0.123 e. The summed E-state index contributed by atoms with van der Waals surface area (Å²) in [5, 5.41) is 0. The van der Waals surface area contributed by atoms with Crippen molar-refractivity contribution in [3.8, 4) is 5.75 Å². The van der Waals surface area contributed by atoms with Crippen LogP contribution in [-0.4, -0.2) is 19.8 Å². The Morgan fingerprint density at radius 1 is 1.16 bits per heavy atom. The van der Waals surface area contributed by atoms with Crippen LogP contribution in [0.5, 0.6) is 5.75 Å². The number of methoxy groups -OCH3 is 2. The number of hydrazine groups is 1. The molecule has 0 aromatic heterocycles. The lowest BCUT2D eigenvalue weighted by atomic mass is 9.76. The maximum atomic E-state index is 5.89. The van der Waals surface area contributed by atoms with Crippen molar-refractivity contribution < 1.29 is 9.47 Å². The highest BCUT2D eigenvalue weighted by atomic mass is 16.5. The SMILES string of the molecule is COc1ccccc1C(NN)C1(OC)CCCCC1. The first-order chi connectivity index (χ1) is 9.27. The second kappa shape index (κ2) is 6.37. The number of hydrogen-bond donors (Lipinski definition) is 2. The lowest BCUT2D eigenvalue weighted by molar-refractivity contribution is -0.0692. The summed E-state index contributed by atoms with van der Waals surface area (Å²) in [6, 6.07) is 7.95. The van der Waals surface area contributed by atoms with Gasteiger partial charge in [0, 0.05) is 12.7 Å². The van der Waals surface area contributed by atoms with Crippen molar-refractivity contribution in [2.75, 3.05) is 14.2 Å². The number of ether oxygens (including phenoxy) is 2. The molecule has 0 saturated heterocycles. The summed E-state index contributed by atoms with van der Waals surface area (Å²) in [6.07, 6.45) is 5.68. The molecule has 1 atom stereocenters. The number of hydrogen-bond acceptors (Lipinski definition) is 4. The van der Waals surface area contributed by atoms with E-state index >= 15 is 0 Å². The molecular weight excluding hydrogens is 240 g/mol. The van der Waals surface area contributed by atoms with Crippen LogP contribution in [0, 0.1) is 0 Å². The molecule has 1 unspecified atom stereocenters. The molecule has 0 amide bonds. The van der Waals surface area contributed by atoms with Crippen molar-refractivity contribution in [2.45, 2.75) is 43.7 Å². The molecule has 1 fully saturated rings. The first-order valence-corrected chi connectivity index (χ1v) is 6.91. The molecule has 0 radical (unpaired) electrons. The fourth-order valence-electron chi connectivity index (χ4n) is 3.19. The Kier molecular flexibility index (Phi) is 4.80. The van der Waals surface area contributed by atoms with E-state index in [1.54, 1.807) is 14.2 Å². The number of benzene rings is 1. The van der Waals surface area contributed by atoms with Gasteiger partial charge in [0.25, 0.3) is 0 Å². The number of nitrogens with one attached hydrogen (secondary N) is 1. The monoisotopic (exact) mass is 264 g/mol. The number of rotatable bonds is 5. The minimum absolute atomic E-state index is 0.0473. The molecule has 0 bridgehead atoms. The minimum Gasteiger partial charge on any atom is -0.496 e. The Balaban J connectivity index is 2.36.